The molecule has 0 aromatic carbocycles. The van der Waals surface area contributed by atoms with E-state index in [1.807, 2.05) is 27.7 Å². The zero-order chi connectivity index (χ0) is 12.3. The van der Waals surface area contributed by atoms with Gasteiger partial charge in [-0.1, -0.05) is 55.4 Å². The molecule has 0 N–H and O–H groups in total. The molecule has 0 spiro atoms. The van der Waals surface area contributed by atoms with Crippen molar-refractivity contribution in [2.24, 2.45) is 0 Å². The fourth-order valence-electron chi connectivity index (χ4n) is 0. The Hall–Kier alpha value is -0.940. The summed E-state index contributed by atoms with van der Waals surface area (Å²) in [6.07, 6.45) is 1.25. The fraction of sp³-hybridized carbons (Fsp3) is 1.00. The van der Waals surface area contributed by atoms with Crippen LogP contribution in [0.15, 0.2) is 0 Å². The van der Waals surface area contributed by atoms with Crippen molar-refractivity contribution in [3.05, 3.63) is 0 Å². The van der Waals surface area contributed by atoms with E-state index >= 15 is 0 Å². The number of halogens is 1. The van der Waals surface area contributed by atoms with Crippen LogP contribution in [0.25, 0.3) is 0 Å². The minimum Gasteiger partial charge on any atom is -0.262 e. The van der Waals surface area contributed by atoms with E-state index in [0.29, 0.717) is 0 Å². The summed E-state index contributed by atoms with van der Waals surface area (Å²) in [5, 5.41) is 0. The van der Waals surface area contributed by atoms with Gasteiger partial charge in [-0.25, -0.2) is 0 Å². The fourth-order valence-corrected chi connectivity index (χ4v) is 0. The zero-order valence-electron chi connectivity index (χ0n) is 11.1. The summed E-state index contributed by atoms with van der Waals surface area (Å²) in [6.45, 7) is 10.3. The summed E-state index contributed by atoms with van der Waals surface area (Å²) in [4.78, 5) is 0. The molecule has 1 atom stereocenters. The number of alkyl halides is 1. The van der Waals surface area contributed by atoms with E-state index in [0.717, 1.165) is 0 Å². The Bertz CT molecular complexity index is 37.3. The number of hydrogen-bond acceptors (Lipinski definition) is 0. The summed E-state index contributed by atoms with van der Waals surface area (Å²) in [5.41, 5.74) is 0. The van der Waals surface area contributed by atoms with Gasteiger partial charge in [0.25, 0.3) is 0 Å². The average molecular weight is 437 g/mol. The van der Waals surface area contributed by atoms with Gasteiger partial charge in [0, 0.05) is 14.9 Å². The molecular weight excluding hydrogens is 406 g/mol. The van der Waals surface area contributed by atoms with Crippen molar-refractivity contribution in [3.8, 4) is 0 Å². The molecule has 0 saturated carbocycles. The largest absolute Gasteiger partial charge is 0.262 e. The van der Waals surface area contributed by atoms with Crippen LogP contribution in [0.2, 0.25) is 0 Å². The Morgan fingerprint density at radius 1 is 1.23 bits per heavy atom. The predicted molar refractivity (Wildman–Crippen MR) is 64.3 cm³/mol. The molecule has 0 bridgehead atoms. The molecule has 88 valence electrons. The number of hydrogen-bond donors (Lipinski definition) is 0. The van der Waals surface area contributed by atoms with E-state index in [-0.39, 0.29) is 7.43 Å². The third kappa shape index (κ3) is 1030. The van der Waals surface area contributed by atoms with Crippen molar-refractivity contribution in [1.82, 2.24) is 0 Å². The Morgan fingerprint density at radius 2 is 1.23 bits per heavy atom. The molecule has 0 aliphatic heterocycles. The molecule has 0 fully saturated rings. The van der Waals surface area contributed by atoms with Gasteiger partial charge in [0.1, 0.15) is 7.85 Å². The monoisotopic (exact) mass is 437 g/mol. The first-order chi connectivity index (χ1) is 6.15. The van der Waals surface area contributed by atoms with Crippen LogP contribution in [0.4, 0.5) is 4.39 Å². The first-order valence-electron chi connectivity index (χ1n) is 5.12. The molecular formula is C9H27B2FFm. The summed E-state index contributed by atoms with van der Waals surface area (Å²) in [5.74, 6) is 0. The van der Waals surface area contributed by atoms with Gasteiger partial charge in [0.05, 0.1) is 1.37 Å². The van der Waals surface area contributed by atoms with Crippen molar-refractivity contribution >= 4 is 16.2 Å². The van der Waals surface area contributed by atoms with Crippen molar-refractivity contribution in [2.45, 2.75) is 55.4 Å². The second-order valence-electron chi connectivity index (χ2n) is 0.833. The van der Waals surface area contributed by atoms with Crippen LogP contribution in [-0.2, 0) is 0 Å². The molecule has 0 aliphatic carbocycles. The summed E-state index contributed by atoms with van der Waals surface area (Å²) in [7, 11) is 7.86. The predicted octanol–water partition coefficient (Wildman–Crippen LogP) is 3.54. The quantitative estimate of drug-likeness (QED) is 0.509. The van der Waals surface area contributed by atoms with Crippen molar-refractivity contribution < 1.29 is 5.76 Å². The minimum absolute atomic E-state index is 0. The van der Waals surface area contributed by atoms with Crippen LogP contribution in [0, 0.1) is 0 Å². The smallest absolute Gasteiger partial charge is 0.111 e. The van der Waals surface area contributed by atoms with Gasteiger partial charge >= 0.3 is 0 Å². The van der Waals surface area contributed by atoms with Crippen LogP contribution in [0.1, 0.15) is 56.8 Å². The standard InChI is InChI=1S/C3H8.2C2H6.CH2BF.CH4.BH.Fm/c1-3-2;2*1-2;2-1-3;;;/h3H2,1-2H3;2*1-2H3;1H2;1H4;1H;/i;;;1T;;1T;. The molecule has 0 amide bonds. The second-order valence-corrected chi connectivity index (χ2v) is 0.833. The van der Waals surface area contributed by atoms with Crippen LogP contribution in [0.3, 0.4) is 0 Å². The normalized spacial score (nSPS) is 7.62. The van der Waals surface area contributed by atoms with Crippen molar-refractivity contribution in [1.29, 1.82) is 1.34 Å². The maximum atomic E-state index is 10.4. The molecule has 0 nitrogen and oxygen atoms in total. The maximum absolute atomic E-state index is 10.4. The van der Waals surface area contributed by atoms with Gasteiger partial charge < -0.3 is 0 Å². The van der Waals surface area contributed by atoms with Gasteiger partial charge in [-0.3, -0.25) is 4.39 Å². The van der Waals surface area contributed by atoms with Crippen LogP contribution >= 0.6 is 0 Å². The summed E-state index contributed by atoms with van der Waals surface area (Å²) < 4.78 is 21.4. The van der Waals surface area contributed by atoms with E-state index in [1.165, 1.54) is 6.42 Å². The molecule has 0 aliphatic rings. The van der Waals surface area contributed by atoms with Crippen LogP contribution < -0.4 is 0 Å². The summed E-state index contributed by atoms with van der Waals surface area (Å²) >= 11 is 0. The van der Waals surface area contributed by atoms with E-state index in [1.54, 1.807) is 0 Å². The Labute approximate surface area is 86.1 Å². The molecule has 4 heteroatoms. The Morgan fingerprint density at radius 3 is 1.23 bits per heavy atom. The third-order valence-corrected chi connectivity index (χ3v) is 0. The minimum atomic E-state index is -1.92. The van der Waals surface area contributed by atoms with Gasteiger partial charge in [-0.15, -0.1) is 0 Å². The summed E-state index contributed by atoms with van der Waals surface area (Å²) in [6, 6.07) is 0. The first-order valence-corrected chi connectivity index (χ1v) is 3.97. The van der Waals surface area contributed by atoms with Crippen molar-refractivity contribution in [2.75, 3.05) is 6.55 Å². The average Bonchev–Trinajstić information content (AvgIpc) is 2.14. The van der Waals surface area contributed by atoms with E-state index in [9.17, 15) is 4.39 Å². The molecule has 0 aromatic rings. The Kier molecular flexibility index (Phi) is 2270. The van der Waals surface area contributed by atoms with E-state index in [2.05, 4.69) is 30.1 Å². The number of rotatable bonds is 0. The molecule has 4 radical (unpaired) electrons. The SMILES string of the molecule is C.CC.CC.CCC.[3H]C([B])F.[3H][B].[Fm]. The molecule has 0 heterocycles. The maximum Gasteiger partial charge on any atom is 0.111 e. The molecule has 0 rings (SSSR count). The molecule has 0 saturated heterocycles. The van der Waals surface area contributed by atoms with Crippen LogP contribution in [0.5, 0.6) is 0 Å². The topological polar surface area (TPSA) is 0 Å². The van der Waals surface area contributed by atoms with Gasteiger partial charge in [-0.05, 0) is 1.34 Å². The molecule has 1 unspecified atom stereocenters. The second kappa shape index (κ2) is 996. The van der Waals surface area contributed by atoms with Gasteiger partial charge in [-0.2, -0.15) is 0 Å². The van der Waals surface area contributed by atoms with Gasteiger partial charge in [0.15, 0.2) is 0 Å². The Balaban J connectivity index is -0.0000000107. The molecule has 0 aromatic heterocycles. The molecule has 13 heavy (non-hydrogen) atoms. The van der Waals surface area contributed by atoms with E-state index in [4.69, 9.17) is 2.71 Å². The van der Waals surface area contributed by atoms with Crippen LogP contribution in [-0.4, -0.2) is 24.1 Å². The van der Waals surface area contributed by atoms with Crippen molar-refractivity contribution in [3.63, 3.8) is 0 Å². The van der Waals surface area contributed by atoms with E-state index < -0.39 is 6.55 Å². The van der Waals surface area contributed by atoms with Gasteiger partial charge in [0.2, 0.25) is 0 Å². The third-order valence-electron chi connectivity index (χ3n) is 0. The first kappa shape index (κ1) is 29.6. The zero-order valence-corrected chi connectivity index (χ0v) is 11.5.